The zero-order valence-corrected chi connectivity index (χ0v) is 12.6. The molecular weight excluding hydrogens is 250 g/mol. The molecule has 1 saturated heterocycles. The van der Waals surface area contributed by atoms with Gasteiger partial charge in [0.05, 0.1) is 18.8 Å². The number of anilines is 1. The van der Waals surface area contributed by atoms with Gasteiger partial charge in [0.1, 0.15) is 5.82 Å². The number of morpholine rings is 1. The first kappa shape index (κ1) is 13.8. The summed E-state index contributed by atoms with van der Waals surface area (Å²) in [5.74, 6) is 1.13. The van der Waals surface area contributed by atoms with E-state index in [9.17, 15) is 0 Å². The number of aromatic nitrogens is 1. The van der Waals surface area contributed by atoms with E-state index in [4.69, 9.17) is 9.72 Å². The molecule has 1 aliphatic carbocycles. The van der Waals surface area contributed by atoms with Crippen LogP contribution >= 0.6 is 0 Å². The van der Waals surface area contributed by atoms with Gasteiger partial charge in [0.2, 0.25) is 0 Å². The van der Waals surface area contributed by atoms with Crippen LogP contribution in [0.2, 0.25) is 0 Å². The zero-order chi connectivity index (χ0) is 13.9. The van der Waals surface area contributed by atoms with Crippen LogP contribution in [0.15, 0.2) is 12.1 Å². The van der Waals surface area contributed by atoms with Gasteiger partial charge in [-0.3, -0.25) is 0 Å². The molecule has 0 amide bonds. The topological polar surface area (TPSA) is 37.4 Å². The summed E-state index contributed by atoms with van der Waals surface area (Å²) in [6, 6.07) is 4.92. The lowest BCUT2D eigenvalue weighted by Crippen LogP contribution is -2.53. The summed E-state index contributed by atoms with van der Waals surface area (Å²) in [5.41, 5.74) is 2.42. The molecule has 0 radical (unpaired) electrons. The van der Waals surface area contributed by atoms with Gasteiger partial charge in [-0.2, -0.15) is 0 Å². The van der Waals surface area contributed by atoms with Crippen LogP contribution in [-0.2, 0) is 11.3 Å². The van der Waals surface area contributed by atoms with Crippen molar-refractivity contribution in [3.63, 3.8) is 0 Å². The van der Waals surface area contributed by atoms with Crippen LogP contribution in [0.5, 0.6) is 0 Å². The van der Waals surface area contributed by atoms with Crippen LogP contribution in [0.3, 0.4) is 0 Å². The van der Waals surface area contributed by atoms with Crippen LogP contribution in [-0.4, -0.2) is 37.3 Å². The summed E-state index contributed by atoms with van der Waals surface area (Å²) >= 11 is 0. The molecule has 2 unspecified atom stereocenters. The van der Waals surface area contributed by atoms with Crippen molar-refractivity contribution in [3.05, 3.63) is 23.4 Å². The van der Waals surface area contributed by atoms with Gasteiger partial charge < -0.3 is 15.0 Å². The molecule has 1 saturated carbocycles. The van der Waals surface area contributed by atoms with Crippen molar-refractivity contribution in [1.82, 2.24) is 10.3 Å². The second-order valence-electron chi connectivity index (χ2n) is 5.96. The van der Waals surface area contributed by atoms with E-state index in [0.717, 1.165) is 31.2 Å². The minimum atomic E-state index is 0.410. The number of nitrogens with zero attached hydrogens (tertiary/aromatic N) is 2. The van der Waals surface area contributed by atoms with E-state index >= 15 is 0 Å². The van der Waals surface area contributed by atoms with Gasteiger partial charge in [-0.25, -0.2) is 4.98 Å². The van der Waals surface area contributed by atoms with E-state index in [1.54, 1.807) is 0 Å². The highest BCUT2D eigenvalue weighted by atomic mass is 16.5. The van der Waals surface area contributed by atoms with Gasteiger partial charge in [-0.1, -0.05) is 12.8 Å². The van der Waals surface area contributed by atoms with Crippen molar-refractivity contribution in [2.75, 3.05) is 25.1 Å². The average Bonchev–Trinajstić information content (AvgIpc) is 2.46. The number of aryl methyl sites for hydroxylation is 1. The van der Waals surface area contributed by atoms with Crippen LogP contribution in [0.4, 0.5) is 5.82 Å². The van der Waals surface area contributed by atoms with Crippen molar-refractivity contribution in [3.8, 4) is 0 Å². The molecule has 110 valence electrons. The number of rotatable bonds is 3. The third kappa shape index (κ3) is 2.81. The van der Waals surface area contributed by atoms with Gasteiger partial charge in [-0.05, 0) is 44.5 Å². The Hall–Kier alpha value is -1.13. The van der Waals surface area contributed by atoms with E-state index in [1.165, 1.54) is 31.2 Å². The normalized spacial score (nSPS) is 26.4. The monoisotopic (exact) mass is 275 g/mol. The fourth-order valence-corrected chi connectivity index (χ4v) is 3.56. The molecule has 1 aromatic heterocycles. The Morgan fingerprint density at radius 1 is 1.35 bits per heavy atom. The summed E-state index contributed by atoms with van der Waals surface area (Å²) in [7, 11) is 1.99. The maximum absolute atomic E-state index is 5.96. The predicted octanol–water partition coefficient (Wildman–Crippen LogP) is 2.26. The second kappa shape index (κ2) is 6.10. The Labute approximate surface area is 121 Å². The van der Waals surface area contributed by atoms with Crippen molar-refractivity contribution in [1.29, 1.82) is 0 Å². The summed E-state index contributed by atoms with van der Waals surface area (Å²) < 4.78 is 5.96. The standard InChI is InChI=1S/C16H25N3O/c1-12-9-13(11-17-2)10-16(18-12)19-7-8-20-15-6-4-3-5-14(15)19/h9-10,14-15,17H,3-8,11H2,1-2H3. The average molecular weight is 275 g/mol. The second-order valence-corrected chi connectivity index (χ2v) is 5.96. The molecule has 4 nitrogen and oxygen atoms in total. The van der Waals surface area contributed by atoms with E-state index < -0.39 is 0 Å². The van der Waals surface area contributed by atoms with Crippen LogP contribution in [0.25, 0.3) is 0 Å². The molecule has 0 bridgehead atoms. The van der Waals surface area contributed by atoms with Crippen molar-refractivity contribution in [2.24, 2.45) is 0 Å². The number of fused-ring (bicyclic) bond motifs is 1. The lowest BCUT2D eigenvalue weighted by molar-refractivity contribution is -0.00900. The molecule has 1 aromatic rings. The maximum Gasteiger partial charge on any atom is 0.129 e. The molecule has 0 spiro atoms. The molecule has 2 fully saturated rings. The Morgan fingerprint density at radius 3 is 3.05 bits per heavy atom. The van der Waals surface area contributed by atoms with Gasteiger partial charge >= 0.3 is 0 Å². The minimum absolute atomic E-state index is 0.410. The number of ether oxygens (including phenoxy) is 1. The molecule has 3 rings (SSSR count). The molecule has 1 N–H and O–H groups in total. The number of hydrogen-bond donors (Lipinski definition) is 1. The molecule has 2 heterocycles. The molecule has 2 aliphatic rings. The third-order valence-electron chi connectivity index (χ3n) is 4.41. The van der Waals surface area contributed by atoms with E-state index in [-0.39, 0.29) is 0 Å². The van der Waals surface area contributed by atoms with Gasteiger partial charge in [0.25, 0.3) is 0 Å². The predicted molar refractivity (Wildman–Crippen MR) is 81.1 cm³/mol. The lowest BCUT2D eigenvalue weighted by atomic mass is 9.90. The van der Waals surface area contributed by atoms with Crippen molar-refractivity contribution >= 4 is 5.82 Å². The lowest BCUT2D eigenvalue weighted by Gasteiger charge is -2.44. The van der Waals surface area contributed by atoms with Crippen molar-refractivity contribution < 1.29 is 4.74 Å². The molecule has 1 aliphatic heterocycles. The zero-order valence-electron chi connectivity index (χ0n) is 12.6. The molecule has 0 aromatic carbocycles. The SMILES string of the molecule is CNCc1cc(C)nc(N2CCOC3CCCCC32)c1. The Kier molecular flexibility index (Phi) is 4.22. The Balaban J connectivity index is 1.86. The highest BCUT2D eigenvalue weighted by molar-refractivity contribution is 5.44. The fraction of sp³-hybridized carbons (Fsp3) is 0.688. The van der Waals surface area contributed by atoms with Crippen molar-refractivity contribution in [2.45, 2.75) is 51.3 Å². The summed E-state index contributed by atoms with van der Waals surface area (Å²) in [4.78, 5) is 7.26. The molecule has 4 heteroatoms. The Bertz CT molecular complexity index is 461. The van der Waals surface area contributed by atoms with E-state index in [2.05, 4.69) is 29.3 Å². The summed E-state index contributed by atoms with van der Waals surface area (Å²) in [6.07, 6.45) is 5.47. The van der Waals surface area contributed by atoms with Crippen LogP contribution < -0.4 is 10.2 Å². The first-order valence-electron chi connectivity index (χ1n) is 7.78. The number of nitrogens with one attached hydrogen (secondary N) is 1. The number of pyridine rings is 1. The summed E-state index contributed by atoms with van der Waals surface area (Å²) in [5, 5.41) is 3.23. The van der Waals surface area contributed by atoms with Gasteiger partial charge in [-0.15, -0.1) is 0 Å². The van der Waals surface area contributed by atoms with Crippen LogP contribution in [0.1, 0.15) is 36.9 Å². The molecule has 20 heavy (non-hydrogen) atoms. The first-order chi connectivity index (χ1) is 9.78. The van der Waals surface area contributed by atoms with E-state index in [0.29, 0.717) is 12.1 Å². The molecular formula is C16H25N3O. The summed E-state index contributed by atoms with van der Waals surface area (Å²) in [6.45, 7) is 4.78. The minimum Gasteiger partial charge on any atom is -0.374 e. The maximum atomic E-state index is 5.96. The van der Waals surface area contributed by atoms with Gasteiger partial charge in [0, 0.05) is 18.8 Å². The first-order valence-corrected chi connectivity index (χ1v) is 7.78. The number of hydrogen-bond acceptors (Lipinski definition) is 4. The highest BCUT2D eigenvalue weighted by Crippen LogP contribution is 2.31. The third-order valence-corrected chi connectivity index (χ3v) is 4.41. The quantitative estimate of drug-likeness (QED) is 0.918. The van der Waals surface area contributed by atoms with E-state index in [1.807, 2.05) is 7.05 Å². The fourth-order valence-electron chi connectivity index (χ4n) is 3.56. The Morgan fingerprint density at radius 2 is 2.20 bits per heavy atom. The largest absolute Gasteiger partial charge is 0.374 e. The molecule has 2 atom stereocenters. The van der Waals surface area contributed by atoms with Gasteiger partial charge in [0.15, 0.2) is 0 Å². The smallest absolute Gasteiger partial charge is 0.129 e. The highest BCUT2D eigenvalue weighted by Gasteiger charge is 2.34. The van der Waals surface area contributed by atoms with Crippen LogP contribution in [0, 0.1) is 6.92 Å².